The van der Waals surface area contributed by atoms with Crippen molar-refractivity contribution in [1.82, 2.24) is 0 Å². The summed E-state index contributed by atoms with van der Waals surface area (Å²) in [6.45, 7) is -0.213. The van der Waals surface area contributed by atoms with Crippen molar-refractivity contribution in [2.75, 3.05) is 6.79 Å². The molecule has 0 amide bonds. The Labute approximate surface area is 70.7 Å². The second kappa shape index (κ2) is 4.83. The second-order valence-corrected chi connectivity index (χ2v) is 2.68. The smallest absolute Gasteiger partial charge is 0.463 e. The Kier molecular flexibility index (Phi) is 3.67. The van der Waals surface area contributed by atoms with Crippen LogP contribution < -0.4 is 4.74 Å². The lowest BCUT2D eigenvalue weighted by atomic mass is 10.3. The number of hydrogen-bond donors (Lipinski definition) is 1. The first kappa shape index (κ1) is 9.13. The maximum atomic E-state index is 10.0. The van der Waals surface area contributed by atoms with Crippen molar-refractivity contribution in [1.29, 1.82) is 0 Å². The van der Waals surface area contributed by atoms with E-state index in [9.17, 15) is 4.57 Å². The summed E-state index contributed by atoms with van der Waals surface area (Å²) in [4.78, 5) is 8.24. The van der Waals surface area contributed by atoms with E-state index in [1.54, 1.807) is 24.3 Å². The van der Waals surface area contributed by atoms with E-state index in [-0.39, 0.29) is 6.79 Å². The highest BCUT2D eigenvalue weighted by Crippen LogP contribution is 2.15. The van der Waals surface area contributed by atoms with Gasteiger partial charge in [0.05, 0.1) is 0 Å². The molecule has 1 aromatic carbocycles. The van der Waals surface area contributed by atoms with Crippen molar-refractivity contribution >= 4 is 8.25 Å². The highest BCUT2D eigenvalue weighted by Gasteiger charge is 2.11. The van der Waals surface area contributed by atoms with Gasteiger partial charge < -0.3 is 4.74 Å². The van der Waals surface area contributed by atoms with Crippen molar-refractivity contribution in [3.8, 4) is 5.75 Å². The summed E-state index contributed by atoms with van der Waals surface area (Å²) in [5.41, 5.74) is 0. The number of hydrogen-bond acceptors (Lipinski definition) is 3. The van der Waals surface area contributed by atoms with E-state index in [1.807, 2.05) is 6.07 Å². The van der Waals surface area contributed by atoms with E-state index in [1.165, 1.54) is 0 Å². The van der Waals surface area contributed by atoms with Crippen LogP contribution in [0.15, 0.2) is 30.3 Å². The van der Waals surface area contributed by atoms with Crippen molar-refractivity contribution in [2.45, 2.75) is 0 Å². The van der Waals surface area contributed by atoms with E-state index in [0.29, 0.717) is 5.75 Å². The van der Waals surface area contributed by atoms with E-state index in [2.05, 4.69) is 4.52 Å². The van der Waals surface area contributed by atoms with Gasteiger partial charge in [0.1, 0.15) is 5.75 Å². The molecular formula is C7H8O4P+. The highest BCUT2D eigenvalue weighted by atomic mass is 31.1. The lowest BCUT2D eigenvalue weighted by Crippen LogP contribution is -1.96. The quantitative estimate of drug-likeness (QED) is 0.575. The van der Waals surface area contributed by atoms with Gasteiger partial charge in [-0.2, -0.15) is 0 Å². The Hall–Kier alpha value is -0.960. The predicted molar refractivity (Wildman–Crippen MR) is 42.8 cm³/mol. The van der Waals surface area contributed by atoms with Crippen molar-refractivity contribution in [3.63, 3.8) is 0 Å². The molecule has 0 aliphatic carbocycles. The van der Waals surface area contributed by atoms with Gasteiger partial charge in [0.25, 0.3) is 0 Å². The molecule has 0 spiro atoms. The summed E-state index contributed by atoms with van der Waals surface area (Å²) in [6, 6.07) is 8.91. The normalized spacial score (nSPS) is 10.9. The van der Waals surface area contributed by atoms with Crippen molar-refractivity contribution < 1.29 is 18.7 Å². The lowest BCUT2D eigenvalue weighted by Gasteiger charge is -1.98. The average Bonchev–Trinajstić information content (AvgIpc) is 2.05. The highest BCUT2D eigenvalue weighted by molar-refractivity contribution is 7.32. The molecule has 0 heterocycles. The largest absolute Gasteiger partial charge is 0.698 e. The number of ether oxygens (including phenoxy) is 1. The molecule has 0 fully saturated rings. The first-order valence-corrected chi connectivity index (χ1v) is 4.39. The van der Waals surface area contributed by atoms with Gasteiger partial charge in [-0.05, 0) is 12.1 Å². The monoisotopic (exact) mass is 187 g/mol. The van der Waals surface area contributed by atoms with E-state index >= 15 is 0 Å². The van der Waals surface area contributed by atoms with Crippen LogP contribution in [0.25, 0.3) is 0 Å². The third-order valence-electron chi connectivity index (χ3n) is 1.13. The molecule has 1 aromatic rings. The standard InChI is InChI=1S/C7H7O4P/c8-12(9)11-6-10-7-4-2-1-3-5-7/h1-5H,6H2/p+1. The Balaban J connectivity index is 2.29. The molecule has 1 atom stereocenters. The van der Waals surface area contributed by atoms with Gasteiger partial charge >= 0.3 is 8.25 Å². The number of benzene rings is 1. The minimum absolute atomic E-state index is 0.213. The molecule has 1 rings (SSSR count). The summed E-state index contributed by atoms with van der Waals surface area (Å²) >= 11 is 0. The Bertz CT molecular complexity index is 249. The minimum atomic E-state index is -2.57. The molecule has 0 saturated carbocycles. The maximum absolute atomic E-state index is 10.0. The fourth-order valence-corrected chi connectivity index (χ4v) is 0.799. The fraction of sp³-hybridized carbons (Fsp3) is 0.143. The Morgan fingerprint density at radius 3 is 2.58 bits per heavy atom. The van der Waals surface area contributed by atoms with E-state index < -0.39 is 8.25 Å². The van der Waals surface area contributed by atoms with Gasteiger partial charge in [-0.3, -0.25) is 0 Å². The summed E-state index contributed by atoms with van der Waals surface area (Å²) in [6.07, 6.45) is 0. The van der Waals surface area contributed by atoms with Crippen LogP contribution in [0, 0.1) is 0 Å². The third-order valence-corrected chi connectivity index (χ3v) is 1.46. The Morgan fingerprint density at radius 2 is 2.00 bits per heavy atom. The van der Waals surface area contributed by atoms with Crippen LogP contribution in [-0.2, 0) is 9.09 Å². The topological polar surface area (TPSA) is 55.8 Å². The third kappa shape index (κ3) is 3.44. The van der Waals surface area contributed by atoms with Crippen molar-refractivity contribution in [2.24, 2.45) is 0 Å². The Morgan fingerprint density at radius 1 is 1.33 bits per heavy atom. The molecule has 1 N–H and O–H groups in total. The first-order valence-electron chi connectivity index (χ1n) is 3.26. The summed E-state index contributed by atoms with van der Waals surface area (Å²) < 4.78 is 19.3. The van der Waals surface area contributed by atoms with Crippen LogP contribution in [0.5, 0.6) is 5.75 Å². The van der Waals surface area contributed by atoms with Crippen LogP contribution in [0.2, 0.25) is 0 Å². The first-order chi connectivity index (χ1) is 5.79. The molecule has 0 aliphatic heterocycles. The van der Waals surface area contributed by atoms with Crippen LogP contribution in [0.3, 0.4) is 0 Å². The zero-order valence-electron chi connectivity index (χ0n) is 6.21. The molecule has 64 valence electrons. The summed E-state index contributed by atoms with van der Waals surface area (Å²) in [5.74, 6) is 0.606. The molecular weight excluding hydrogens is 179 g/mol. The van der Waals surface area contributed by atoms with Gasteiger partial charge in [0.2, 0.25) is 6.79 Å². The SMILES string of the molecule is O=[P+](O)OCOc1ccccc1. The molecule has 12 heavy (non-hydrogen) atoms. The fourth-order valence-electron chi connectivity index (χ4n) is 0.656. The molecule has 0 saturated heterocycles. The zero-order valence-corrected chi connectivity index (χ0v) is 7.11. The number of para-hydroxylation sites is 1. The summed E-state index contributed by atoms with van der Waals surface area (Å²) in [5, 5.41) is 0. The molecule has 0 aromatic heterocycles. The zero-order chi connectivity index (χ0) is 8.81. The number of rotatable bonds is 4. The van der Waals surface area contributed by atoms with Crippen LogP contribution in [-0.4, -0.2) is 11.7 Å². The van der Waals surface area contributed by atoms with Gasteiger partial charge in [-0.1, -0.05) is 22.7 Å². The van der Waals surface area contributed by atoms with Gasteiger partial charge in [0.15, 0.2) is 0 Å². The van der Waals surface area contributed by atoms with Crippen LogP contribution in [0.4, 0.5) is 0 Å². The van der Waals surface area contributed by atoms with Crippen LogP contribution >= 0.6 is 8.25 Å². The van der Waals surface area contributed by atoms with Crippen LogP contribution in [0.1, 0.15) is 0 Å². The molecule has 5 heteroatoms. The van der Waals surface area contributed by atoms with E-state index in [0.717, 1.165) is 0 Å². The van der Waals surface area contributed by atoms with E-state index in [4.69, 9.17) is 9.63 Å². The van der Waals surface area contributed by atoms with Crippen molar-refractivity contribution in [3.05, 3.63) is 30.3 Å². The molecule has 1 unspecified atom stereocenters. The lowest BCUT2D eigenvalue weighted by molar-refractivity contribution is 0.115. The minimum Gasteiger partial charge on any atom is -0.463 e. The predicted octanol–water partition coefficient (Wildman–Crippen LogP) is 1.69. The molecule has 0 bridgehead atoms. The molecule has 0 radical (unpaired) electrons. The van der Waals surface area contributed by atoms with Gasteiger partial charge in [-0.25, -0.2) is 0 Å². The average molecular weight is 187 g/mol. The summed E-state index contributed by atoms with van der Waals surface area (Å²) in [7, 11) is -2.57. The van der Waals surface area contributed by atoms with Gasteiger partial charge in [0, 0.05) is 4.57 Å². The van der Waals surface area contributed by atoms with Gasteiger partial charge in [-0.15, -0.1) is 4.89 Å². The molecule has 4 nitrogen and oxygen atoms in total. The molecule has 0 aliphatic rings. The maximum Gasteiger partial charge on any atom is 0.698 e. The second-order valence-electron chi connectivity index (χ2n) is 1.94.